The molecular weight excluding hydrogens is 418 g/mol. The smallest absolute Gasteiger partial charge is 0.414 e. The van der Waals surface area contributed by atoms with Crippen molar-refractivity contribution in [2.24, 2.45) is 7.05 Å². The number of benzene rings is 2. The Labute approximate surface area is 185 Å². The lowest BCUT2D eigenvalue weighted by Crippen LogP contribution is -2.09. The number of hydrogen-bond donors (Lipinski definition) is 3. The van der Waals surface area contributed by atoms with E-state index in [4.69, 9.17) is 34.0 Å². The van der Waals surface area contributed by atoms with E-state index in [1.165, 1.54) is 0 Å². The second-order valence-corrected chi connectivity index (χ2v) is 6.37. The molecule has 10 heteroatoms. The van der Waals surface area contributed by atoms with E-state index in [-0.39, 0.29) is 0 Å². The summed E-state index contributed by atoms with van der Waals surface area (Å²) >= 11 is 0. The van der Waals surface area contributed by atoms with Crippen LogP contribution in [0, 0.1) is 0 Å². The van der Waals surface area contributed by atoms with Gasteiger partial charge in [-0.15, -0.1) is 0 Å². The van der Waals surface area contributed by atoms with Crippen molar-refractivity contribution < 1.29 is 34.0 Å². The summed E-state index contributed by atoms with van der Waals surface area (Å²) in [6.07, 6.45) is 1.85. The monoisotopic (exact) mass is 443 g/mol. The van der Waals surface area contributed by atoms with Crippen LogP contribution in [0.4, 0.5) is 5.95 Å². The van der Waals surface area contributed by atoms with Crippen molar-refractivity contribution in [2.75, 3.05) is 26.6 Å². The predicted molar refractivity (Wildman–Crippen MR) is 117 cm³/mol. The van der Waals surface area contributed by atoms with Gasteiger partial charge in [0.15, 0.2) is 11.5 Å². The number of aliphatic carboxylic acids is 2. The molecule has 0 saturated heterocycles. The zero-order chi connectivity index (χ0) is 23.7. The fourth-order valence-corrected chi connectivity index (χ4v) is 2.87. The Morgan fingerprint density at radius 1 is 0.969 bits per heavy atom. The van der Waals surface area contributed by atoms with Gasteiger partial charge in [-0.05, 0) is 30.3 Å². The predicted octanol–water partition coefficient (Wildman–Crippen LogP) is 2.88. The topological polar surface area (TPSA) is 132 Å². The van der Waals surface area contributed by atoms with E-state index >= 15 is 0 Å². The van der Waals surface area contributed by atoms with Crippen molar-refractivity contribution in [2.45, 2.75) is 6.54 Å². The van der Waals surface area contributed by atoms with E-state index in [9.17, 15) is 0 Å². The molecule has 0 aliphatic heterocycles. The molecule has 1 heterocycles. The first-order valence-corrected chi connectivity index (χ1v) is 9.38. The van der Waals surface area contributed by atoms with Gasteiger partial charge in [-0.25, -0.2) is 14.6 Å². The Hall–Kier alpha value is -4.21. The molecule has 0 spiro atoms. The lowest BCUT2D eigenvalue weighted by Gasteiger charge is -2.14. The molecule has 0 radical (unpaired) electrons. The molecule has 0 amide bonds. The molecule has 0 fully saturated rings. The number of carboxylic acid groups (broad SMARTS) is 2. The second kappa shape index (κ2) is 11.3. The third-order valence-corrected chi connectivity index (χ3v) is 4.48. The summed E-state index contributed by atoms with van der Waals surface area (Å²) in [6, 6.07) is 13.7. The van der Waals surface area contributed by atoms with E-state index in [1.54, 1.807) is 21.3 Å². The van der Waals surface area contributed by atoms with Crippen LogP contribution in [0.15, 0.2) is 48.7 Å². The number of hydrogen-bond acceptors (Lipinski definition) is 7. The molecule has 2 aromatic carbocycles. The van der Waals surface area contributed by atoms with Gasteiger partial charge in [-0.1, -0.05) is 12.1 Å². The zero-order valence-corrected chi connectivity index (χ0v) is 18.2. The highest BCUT2D eigenvalue weighted by molar-refractivity contribution is 6.27. The van der Waals surface area contributed by atoms with Gasteiger partial charge < -0.3 is 34.3 Å². The Morgan fingerprint density at radius 3 is 2.16 bits per heavy atom. The third-order valence-electron chi connectivity index (χ3n) is 4.48. The molecule has 0 saturated carbocycles. The van der Waals surface area contributed by atoms with Gasteiger partial charge in [0, 0.05) is 24.7 Å². The van der Waals surface area contributed by atoms with Crippen LogP contribution in [0.5, 0.6) is 17.2 Å². The van der Waals surface area contributed by atoms with Crippen LogP contribution in [-0.4, -0.2) is 53.0 Å². The lowest BCUT2D eigenvalue weighted by molar-refractivity contribution is -0.159. The summed E-state index contributed by atoms with van der Waals surface area (Å²) in [6.45, 7) is 0.577. The number of imidazole rings is 1. The van der Waals surface area contributed by atoms with Crippen molar-refractivity contribution in [1.29, 1.82) is 0 Å². The maximum absolute atomic E-state index is 9.10. The quantitative estimate of drug-likeness (QED) is 0.472. The number of aromatic nitrogens is 2. The molecule has 1 aromatic heterocycles. The Morgan fingerprint density at radius 2 is 1.62 bits per heavy atom. The van der Waals surface area contributed by atoms with Gasteiger partial charge in [0.05, 0.1) is 33.2 Å². The molecule has 0 aliphatic rings. The molecule has 0 aliphatic carbocycles. The fraction of sp³-hybridized carbons (Fsp3) is 0.227. The average molecular weight is 443 g/mol. The second-order valence-electron chi connectivity index (χ2n) is 6.37. The van der Waals surface area contributed by atoms with Crippen molar-refractivity contribution >= 4 is 17.9 Å². The minimum atomic E-state index is -1.82. The summed E-state index contributed by atoms with van der Waals surface area (Å²) in [4.78, 5) is 22.7. The number of anilines is 1. The normalized spacial score (nSPS) is 9.88. The number of methoxy groups -OCH3 is 3. The largest absolute Gasteiger partial charge is 0.497 e. The van der Waals surface area contributed by atoms with E-state index in [0.29, 0.717) is 12.3 Å². The molecule has 0 unspecified atom stereocenters. The van der Waals surface area contributed by atoms with Crippen LogP contribution in [0.25, 0.3) is 11.3 Å². The SMILES string of the molecule is COc1ccc(-c2cnc(NCc3cccc(OC)c3OC)n2C)cc1.O=C(O)C(=O)O. The molecule has 3 rings (SSSR count). The Balaban J connectivity index is 0.000000534. The Kier molecular flexibility index (Phi) is 8.46. The van der Waals surface area contributed by atoms with Crippen LogP contribution in [0.1, 0.15) is 5.56 Å². The van der Waals surface area contributed by atoms with E-state index in [2.05, 4.69) is 10.3 Å². The lowest BCUT2D eigenvalue weighted by atomic mass is 10.1. The number of nitrogens with one attached hydrogen (secondary N) is 1. The van der Waals surface area contributed by atoms with Gasteiger partial charge >= 0.3 is 11.9 Å². The standard InChI is InChI=1S/C20H23N3O3.C2H2O4/c1-23-17(14-8-10-16(24-2)11-9-14)13-22-20(23)21-12-15-6-5-7-18(25-3)19(15)26-4;3-1(4)2(5)6/h5-11,13H,12H2,1-4H3,(H,21,22);(H,3,4)(H,5,6). The van der Waals surface area contributed by atoms with Crippen LogP contribution >= 0.6 is 0 Å². The number of ether oxygens (including phenoxy) is 3. The number of para-hydroxylation sites is 1. The first-order chi connectivity index (χ1) is 15.3. The minimum absolute atomic E-state index is 0.577. The van der Waals surface area contributed by atoms with E-state index in [1.807, 2.05) is 60.3 Å². The van der Waals surface area contributed by atoms with Crippen molar-refractivity contribution in [3.05, 3.63) is 54.2 Å². The van der Waals surface area contributed by atoms with E-state index < -0.39 is 11.9 Å². The van der Waals surface area contributed by atoms with Crippen molar-refractivity contribution in [1.82, 2.24) is 9.55 Å². The van der Waals surface area contributed by atoms with Gasteiger partial charge in [0.25, 0.3) is 0 Å². The van der Waals surface area contributed by atoms with E-state index in [0.717, 1.165) is 34.3 Å². The summed E-state index contributed by atoms with van der Waals surface area (Å²) in [5, 5.41) is 18.1. The van der Waals surface area contributed by atoms with Crippen molar-refractivity contribution in [3.63, 3.8) is 0 Å². The highest BCUT2D eigenvalue weighted by Gasteiger charge is 2.12. The van der Waals surface area contributed by atoms with Gasteiger partial charge in [0.1, 0.15) is 5.75 Å². The maximum atomic E-state index is 9.10. The van der Waals surface area contributed by atoms with Crippen LogP contribution in [0.2, 0.25) is 0 Å². The van der Waals surface area contributed by atoms with Gasteiger partial charge in [-0.2, -0.15) is 0 Å². The molecule has 10 nitrogen and oxygen atoms in total. The number of carbonyl (C=O) groups is 2. The molecule has 3 aromatic rings. The molecule has 0 bridgehead atoms. The molecular formula is C22H25N3O7. The minimum Gasteiger partial charge on any atom is -0.497 e. The van der Waals surface area contributed by atoms with Crippen LogP contribution in [0.3, 0.4) is 0 Å². The molecule has 0 atom stereocenters. The van der Waals surface area contributed by atoms with Crippen LogP contribution < -0.4 is 19.5 Å². The average Bonchev–Trinajstić information content (AvgIpc) is 3.17. The van der Waals surface area contributed by atoms with Gasteiger partial charge in [0.2, 0.25) is 5.95 Å². The number of rotatable bonds is 7. The summed E-state index contributed by atoms with van der Waals surface area (Å²) in [5.74, 6) is -0.595. The summed E-state index contributed by atoms with van der Waals surface area (Å²) < 4.78 is 18.1. The highest BCUT2D eigenvalue weighted by atomic mass is 16.5. The first kappa shape index (κ1) is 24.1. The summed E-state index contributed by atoms with van der Waals surface area (Å²) in [5.41, 5.74) is 3.10. The number of carboxylic acids is 2. The summed E-state index contributed by atoms with van der Waals surface area (Å²) in [7, 11) is 6.92. The zero-order valence-electron chi connectivity index (χ0n) is 18.2. The fourth-order valence-electron chi connectivity index (χ4n) is 2.87. The first-order valence-electron chi connectivity index (χ1n) is 9.38. The Bertz CT molecular complexity index is 1050. The third kappa shape index (κ3) is 5.91. The molecule has 3 N–H and O–H groups in total. The molecule has 32 heavy (non-hydrogen) atoms. The van der Waals surface area contributed by atoms with Crippen LogP contribution in [-0.2, 0) is 23.2 Å². The molecule has 170 valence electrons. The maximum Gasteiger partial charge on any atom is 0.414 e. The highest BCUT2D eigenvalue weighted by Crippen LogP contribution is 2.31. The van der Waals surface area contributed by atoms with Crippen molar-refractivity contribution in [3.8, 4) is 28.5 Å². The number of nitrogens with zero attached hydrogens (tertiary/aromatic N) is 2. The van der Waals surface area contributed by atoms with Gasteiger partial charge in [-0.3, -0.25) is 0 Å².